The van der Waals surface area contributed by atoms with E-state index in [-0.39, 0.29) is 17.5 Å². The van der Waals surface area contributed by atoms with Crippen molar-refractivity contribution in [3.8, 4) is 17.0 Å². The number of fused-ring (bicyclic) bond motifs is 1. The minimum absolute atomic E-state index is 0.0193. The normalized spacial score (nSPS) is 13.4. The van der Waals surface area contributed by atoms with Gasteiger partial charge in [0.2, 0.25) is 5.88 Å². The number of carbonyl (C=O) groups is 1. The monoisotopic (exact) mass is 631 g/mol. The highest BCUT2D eigenvalue weighted by Gasteiger charge is 2.22. The standard InChI is InChI=1S/C32H27F2N5O5S/c1-43-31-28(38-45(41,42)29-10-6-24(33)18-26(29)34)17-23(19-35-31)21-4-9-27-22(16-21)5-11-30(37-27)36-25-7-2-20(3-8-25)32(40)39-12-14-44-15-13-39/h2-11,16-19,38H,12-15H2,1H3,(H,36,37). The summed E-state index contributed by atoms with van der Waals surface area (Å²) in [6, 6.07) is 20.2. The van der Waals surface area contributed by atoms with Gasteiger partial charge in [0.1, 0.15) is 28.0 Å². The van der Waals surface area contributed by atoms with Crippen LogP contribution in [0.5, 0.6) is 5.88 Å². The maximum Gasteiger partial charge on any atom is 0.264 e. The molecule has 0 atom stereocenters. The Morgan fingerprint density at radius 1 is 0.933 bits per heavy atom. The van der Waals surface area contributed by atoms with Crippen molar-refractivity contribution in [2.75, 3.05) is 43.5 Å². The Morgan fingerprint density at radius 2 is 1.71 bits per heavy atom. The number of carbonyl (C=O) groups excluding carboxylic acids is 1. The summed E-state index contributed by atoms with van der Waals surface area (Å²) in [5.41, 5.74) is 3.34. The van der Waals surface area contributed by atoms with Gasteiger partial charge in [-0.2, -0.15) is 0 Å². The lowest BCUT2D eigenvalue weighted by molar-refractivity contribution is 0.0303. The molecule has 0 aliphatic carbocycles. The molecule has 5 aromatic rings. The maximum atomic E-state index is 14.2. The largest absolute Gasteiger partial charge is 0.480 e. The molecule has 13 heteroatoms. The summed E-state index contributed by atoms with van der Waals surface area (Å²) in [5.74, 6) is -1.56. The number of ether oxygens (including phenoxy) is 2. The first-order chi connectivity index (χ1) is 21.7. The van der Waals surface area contributed by atoms with E-state index >= 15 is 0 Å². The number of pyridine rings is 2. The first-order valence-electron chi connectivity index (χ1n) is 13.9. The predicted octanol–water partition coefficient (Wildman–Crippen LogP) is 5.60. The highest BCUT2D eigenvalue weighted by molar-refractivity contribution is 7.92. The number of methoxy groups -OCH3 is 1. The predicted molar refractivity (Wildman–Crippen MR) is 165 cm³/mol. The second-order valence-corrected chi connectivity index (χ2v) is 11.8. The van der Waals surface area contributed by atoms with Crippen LogP contribution in [0.1, 0.15) is 10.4 Å². The molecule has 0 saturated carbocycles. The molecule has 1 aliphatic heterocycles. The molecule has 230 valence electrons. The number of morpholine rings is 1. The molecule has 1 amide bonds. The van der Waals surface area contributed by atoms with Crippen LogP contribution in [-0.2, 0) is 14.8 Å². The molecule has 2 N–H and O–H groups in total. The van der Waals surface area contributed by atoms with Gasteiger partial charge in [-0.25, -0.2) is 27.2 Å². The van der Waals surface area contributed by atoms with E-state index in [0.29, 0.717) is 60.4 Å². The summed E-state index contributed by atoms with van der Waals surface area (Å²) in [7, 11) is -3.10. The van der Waals surface area contributed by atoms with E-state index in [1.54, 1.807) is 17.0 Å². The van der Waals surface area contributed by atoms with E-state index in [2.05, 4.69) is 20.0 Å². The highest BCUT2D eigenvalue weighted by Crippen LogP contribution is 2.32. The molecule has 3 aromatic carbocycles. The van der Waals surface area contributed by atoms with Gasteiger partial charge in [0.15, 0.2) is 0 Å². The van der Waals surface area contributed by atoms with E-state index in [4.69, 9.17) is 9.47 Å². The number of hydrogen-bond acceptors (Lipinski definition) is 8. The Bertz CT molecular complexity index is 2000. The maximum absolute atomic E-state index is 14.2. The van der Waals surface area contributed by atoms with Crippen molar-refractivity contribution in [1.82, 2.24) is 14.9 Å². The number of amides is 1. The summed E-state index contributed by atoms with van der Waals surface area (Å²) >= 11 is 0. The van der Waals surface area contributed by atoms with Gasteiger partial charge in [0.25, 0.3) is 15.9 Å². The minimum Gasteiger partial charge on any atom is -0.480 e. The van der Waals surface area contributed by atoms with Gasteiger partial charge < -0.3 is 19.7 Å². The fraction of sp³-hybridized carbons (Fsp3) is 0.156. The molecule has 1 fully saturated rings. The third-order valence-electron chi connectivity index (χ3n) is 7.20. The number of aromatic nitrogens is 2. The van der Waals surface area contributed by atoms with Crippen LogP contribution >= 0.6 is 0 Å². The van der Waals surface area contributed by atoms with Gasteiger partial charge in [-0.05, 0) is 72.3 Å². The first-order valence-corrected chi connectivity index (χ1v) is 15.4. The molecule has 0 unspecified atom stereocenters. The van der Waals surface area contributed by atoms with Crippen LogP contribution in [0.4, 0.5) is 26.0 Å². The number of nitrogens with one attached hydrogen (secondary N) is 2. The van der Waals surface area contributed by atoms with Crippen LogP contribution in [-0.4, -0.2) is 62.6 Å². The lowest BCUT2D eigenvalue weighted by atomic mass is 10.0. The van der Waals surface area contributed by atoms with Crippen LogP contribution in [0.15, 0.2) is 90.0 Å². The van der Waals surface area contributed by atoms with Crippen LogP contribution in [0, 0.1) is 11.6 Å². The quantitative estimate of drug-likeness (QED) is 0.227. The van der Waals surface area contributed by atoms with Crippen molar-refractivity contribution in [2.24, 2.45) is 0 Å². The molecule has 6 rings (SSSR count). The Balaban J connectivity index is 1.20. The Labute approximate surface area is 257 Å². The fourth-order valence-corrected chi connectivity index (χ4v) is 6.02. The average Bonchev–Trinajstić information content (AvgIpc) is 3.04. The highest BCUT2D eigenvalue weighted by atomic mass is 32.2. The van der Waals surface area contributed by atoms with Crippen LogP contribution in [0.3, 0.4) is 0 Å². The van der Waals surface area contributed by atoms with E-state index in [0.717, 1.165) is 23.2 Å². The van der Waals surface area contributed by atoms with Gasteiger partial charge in [-0.1, -0.05) is 6.07 Å². The molecular weight excluding hydrogens is 604 g/mol. The molecule has 3 heterocycles. The topological polar surface area (TPSA) is 123 Å². The number of sulfonamides is 1. The number of halogens is 2. The molecular formula is C32H27F2N5O5S. The van der Waals surface area contributed by atoms with Gasteiger partial charge >= 0.3 is 0 Å². The average molecular weight is 632 g/mol. The van der Waals surface area contributed by atoms with Gasteiger partial charge in [-0.15, -0.1) is 0 Å². The van der Waals surface area contributed by atoms with Crippen LogP contribution in [0.25, 0.3) is 22.0 Å². The summed E-state index contributed by atoms with van der Waals surface area (Å²) in [4.78, 5) is 22.7. The second kappa shape index (κ2) is 12.5. The van der Waals surface area contributed by atoms with Crippen molar-refractivity contribution < 1.29 is 31.5 Å². The van der Waals surface area contributed by atoms with Crippen LogP contribution in [0.2, 0.25) is 0 Å². The van der Waals surface area contributed by atoms with Crippen molar-refractivity contribution in [3.05, 3.63) is 102 Å². The fourth-order valence-electron chi connectivity index (χ4n) is 4.91. The Kier molecular flexibility index (Phi) is 8.28. The first kappa shape index (κ1) is 29.9. The van der Waals surface area contributed by atoms with Crippen molar-refractivity contribution in [3.63, 3.8) is 0 Å². The zero-order valence-electron chi connectivity index (χ0n) is 24.0. The Morgan fingerprint density at radius 3 is 2.44 bits per heavy atom. The Hall–Kier alpha value is -5.14. The van der Waals surface area contributed by atoms with Gasteiger partial charge in [0.05, 0.1) is 25.8 Å². The van der Waals surface area contributed by atoms with Crippen molar-refractivity contribution >= 4 is 44.0 Å². The summed E-state index contributed by atoms with van der Waals surface area (Å²) in [6.45, 7) is 2.24. The third kappa shape index (κ3) is 6.54. The van der Waals surface area contributed by atoms with Gasteiger partial charge in [0, 0.05) is 47.6 Å². The zero-order chi connectivity index (χ0) is 31.6. The second-order valence-electron chi connectivity index (χ2n) is 10.2. The molecule has 10 nitrogen and oxygen atoms in total. The molecule has 0 bridgehead atoms. The molecule has 2 aromatic heterocycles. The van der Waals surface area contributed by atoms with E-state index in [1.807, 2.05) is 42.5 Å². The molecule has 1 aliphatic rings. The number of benzene rings is 3. The molecule has 0 spiro atoms. The van der Waals surface area contributed by atoms with Crippen LogP contribution < -0.4 is 14.8 Å². The third-order valence-corrected chi connectivity index (χ3v) is 8.60. The lowest BCUT2D eigenvalue weighted by Gasteiger charge is -2.26. The summed E-state index contributed by atoms with van der Waals surface area (Å²) < 4.78 is 66.2. The SMILES string of the molecule is COc1ncc(-c2ccc3nc(Nc4ccc(C(=O)N5CCOCC5)cc4)ccc3c2)cc1NS(=O)(=O)c1ccc(F)cc1F. The number of nitrogens with zero attached hydrogens (tertiary/aromatic N) is 3. The number of rotatable bonds is 8. The smallest absolute Gasteiger partial charge is 0.264 e. The van der Waals surface area contributed by atoms with Crippen molar-refractivity contribution in [1.29, 1.82) is 0 Å². The molecule has 0 radical (unpaired) electrons. The lowest BCUT2D eigenvalue weighted by Crippen LogP contribution is -2.40. The molecule has 1 saturated heterocycles. The summed E-state index contributed by atoms with van der Waals surface area (Å²) in [6.07, 6.45) is 1.52. The zero-order valence-corrected chi connectivity index (χ0v) is 24.8. The van der Waals surface area contributed by atoms with E-state index < -0.39 is 26.6 Å². The number of anilines is 3. The van der Waals surface area contributed by atoms with E-state index in [9.17, 15) is 22.0 Å². The van der Waals surface area contributed by atoms with Gasteiger partial charge in [-0.3, -0.25) is 9.52 Å². The minimum atomic E-state index is -4.42. The molecule has 45 heavy (non-hydrogen) atoms. The van der Waals surface area contributed by atoms with E-state index in [1.165, 1.54) is 19.4 Å². The summed E-state index contributed by atoms with van der Waals surface area (Å²) in [5, 5.41) is 4.07. The van der Waals surface area contributed by atoms with Crippen molar-refractivity contribution in [2.45, 2.75) is 4.90 Å². The number of hydrogen-bond donors (Lipinski definition) is 2.